The summed E-state index contributed by atoms with van der Waals surface area (Å²) in [7, 11) is 0. The van der Waals surface area contributed by atoms with E-state index in [9.17, 15) is 0 Å². The molecule has 3 rings (SSSR count). The summed E-state index contributed by atoms with van der Waals surface area (Å²) in [5, 5.41) is 2.65. The summed E-state index contributed by atoms with van der Waals surface area (Å²) in [5.74, 6) is 0. The highest BCUT2D eigenvalue weighted by atomic mass is 15.1. The van der Waals surface area contributed by atoms with Crippen molar-refractivity contribution < 1.29 is 0 Å². The molecule has 0 aliphatic heterocycles. The molecule has 0 radical (unpaired) electrons. The SMILES string of the molecule is CCCCCCCCCCCCN(c1ccccc1)c1cccc2ccccc12. The number of hydrogen-bond donors (Lipinski definition) is 0. The van der Waals surface area contributed by atoms with Gasteiger partial charge >= 0.3 is 0 Å². The number of nitrogens with zero attached hydrogens (tertiary/aromatic N) is 1. The minimum Gasteiger partial charge on any atom is -0.341 e. The van der Waals surface area contributed by atoms with Gasteiger partial charge in [0.05, 0.1) is 0 Å². The van der Waals surface area contributed by atoms with Gasteiger partial charge in [-0.2, -0.15) is 0 Å². The molecule has 0 unspecified atom stereocenters. The summed E-state index contributed by atoms with van der Waals surface area (Å²) < 4.78 is 0. The number of benzene rings is 3. The van der Waals surface area contributed by atoms with Crippen LogP contribution in [-0.2, 0) is 0 Å². The van der Waals surface area contributed by atoms with Gasteiger partial charge in [-0.3, -0.25) is 0 Å². The van der Waals surface area contributed by atoms with Crippen LogP contribution >= 0.6 is 0 Å². The molecule has 0 heterocycles. The Morgan fingerprint density at radius 3 is 1.86 bits per heavy atom. The van der Waals surface area contributed by atoms with E-state index >= 15 is 0 Å². The fourth-order valence-corrected chi connectivity index (χ4v) is 4.20. The van der Waals surface area contributed by atoms with Gasteiger partial charge in [-0.05, 0) is 30.0 Å². The zero-order valence-corrected chi connectivity index (χ0v) is 18.2. The van der Waals surface area contributed by atoms with Crippen LogP contribution in [-0.4, -0.2) is 6.54 Å². The summed E-state index contributed by atoms with van der Waals surface area (Å²) in [6.07, 6.45) is 13.8. The standard InChI is InChI=1S/C28H37N/c1-2-3-4-5-6-7-8-9-10-16-24-29(26-20-12-11-13-21-26)28-23-17-19-25-18-14-15-22-27(25)28/h11-15,17-23H,2-10,16,24H2,1H3. The first-order valence-corrected chi connectivity index (χ1v) is 11.7. The van der Waals surface area contributed by atoms with Crippen LogP contribution in [0.2, 0.25) is 0 Å². The Hall–Kier alpha value is -2.28. The van der Waals surface area contributed by atoms with E-state index in [1.807, 2.05) is 0 Å². The highest BCUT2D eigenvalue weighted by Crippen LogP contribution is 2.32. The Kier molecular flexibility index (Phi) is 9.10. The number of unbranched alkanes of at least 4 members (excludes halogenated alkanes) is 9. The third kappa shape index (κ3) is 6.63. The van der Waals surface area contributed by atoms with E-state index in [2.05, 4.69) is 84.6 Å². The minimum atomic E-state index is 1.08. The second-order valence-electron chi connectivity index (χ2n) is 8.17. The molecule has 0 bridgehead atoms. The lowest BCUT2D eigenvalue weighted by atomic mass is 10.1. The van der Waals surface area contributed by atoms with Gasteiger partial charge in [0.25, 0.3) is 0 Å². The Labute approximate surface area is 177 Å². The zero-order chi connectivity index (χ0) is 20.2. The lowest BCUT2D eigenvalue weighted by Gasteiger charge is -2.26. The first kappa shape index (κ1) is 21.4. The van der Waals surface area contributed by atoms with Crippen molar-refractivity contribution >= 4 is 22.1 Å². The van der Waals surface area contributed by atoms with Crippen molar-refractivity contribution in [2.45, 2.75) is 71.1 Å². The molecular weight excluding hydrogens is 350 g/mol. The van der Waals surface area contributed by atoms with E-state index < -0.39 is 0 Å². The third-order valence-corrected chi connectivity index (χ3v) is 5.86. The predicted molar refractivity (Wildman–Crippen MR) is 129 cm³/mol. The van der Waals surface area contributed by atoms with Crippen LogP contribution in [0, 0.1) is 0 Å². The molecule has 0 aliphatic carbocycles. The average molecular weight is 388 g/mol. The molecule has 0 saturated heterocycles. The molecule has 3 aromatic carbocycles. The Bertz CT molecular complexity index is 819. The van der Waals surface area contributed by atoms with Crippen LogP contribution in [0.5, 0.6) is 0 Å². The van der Waals surface area contributed by atoms with Gasteiger partial charge in [-0.25, -0.2) is 0 Å². The molecule has 0 N–H and O–H groups in total. The van der Waals surface area contributed by atoms with Gasteiger partial charge in [0, 0.05) is 23.3 Å². The van der Waals surface area contributed by atoms with Gasteiger partial charge in [-0.1, -0.05) is 119 Å². The molecule has 0 aliphatic rings. The van der Waals surface area contributed by atoms with Crippen molar-refractivity contribution in [1.29, 1.82) is 0 Å². The van der Waals surface area contributed by atoms with E-state index in [0.29, 0.717) is 0 Å². The molecule has 1 heteroatoms. The van der Waals surface area contributed by atoms with Crippen LogP contribution in [0.3, 0.4) is 0 Å². The molecule has 3 aromatic rings. The quantitative estimate of drug-likeness (QED) is 0.265. The third-order valence-electron chi connectivity index (χ3n) is 5.86. The van der Waals surface area contributed by atoms with Crippen LogP contribution in [0.15, 0.2) is 72.8 Å². The van der Waals surface area contributed by atoms with Gasteiger partial charge in [0.2, 0.25) is 0 Å². The van der Waals surface area contributed by atoms with Gasteiger partial charge < -0.3 is 4.90 Å². The zero-order valence-electron chi connectivity index (χ0n) is 18.2. The van der Waals surface area contributed by atoms with Gasteiger partial charge in [0.15, 0.2) is 0 Å². The second kappa shape index (κ2) is 12.3. The van der Waals surface area contributed by atoms with E-state index in [1.54, 1.807) is 0 Å². The molecule has 154 valence electrons. The number of rotatable bonds is 13. The fraction of sp³-hybridized carbons (Fsp3) is 0.429. The summed E-state index contributed by atoms with van der Waals surface area (Å²) in [6.45, 7) is 3.37. The molecule has 0 aromatic heterocycles. The summed E-state index contributed by atoms with van der Waals surface area (Å²) in [6, 6.07) is 26.3. The number of anilines is 2. The maximum absolute atomic E-state index is 2.51. The number of hydrogen-bond acceptors (Lipinski definition) is 1. The van der Waals surface area contributed by atoms with Crippen molar-refractivity contribution in [3.63, 3.8) is 0 Å². The lowest BCUT2D eigenvalue weighted by molar-refractivity contribution is 0.557. The van der Waals surface area contributed by atoms with Crippen molar-refractivity contribution in [2.75, 3.05) is 11.4 Å². The van der Waals surface area contributed by atoms with E-state index in [4.69, 9.17) is 0 Å². The first-order chi connectivity index (χ1) is 14.4. The summed E-state index contributed by atoms with van der Waals surface area (Å²) in [4.78, 5) is 2.51. The molecule has 29 heavy (non-hydrogen) atoms. The maximum Gasteiger partial charge on any atom is 0.0490 e. The number of fused-ring (bicyclic) bond motifs is 1. The first-order valence-electron chi connectivity index (χ1n) is 11.7. The molecule has 0 saturated carbocycles. The smallest absolute Gasteiger partial charge is 0.0490 e. The molecule has 0 amide bonds. The van der Waals surface area contributed by atoms with Crippen molar-refractivity contribution in [1.82, 2.24) is 0 Å². The van der Waals surface area contributed by atoms with Crippen LogP contribution in [0.25, 0.3) is 10.8 Å². The monoisotopic (exact) mass is 387 g/mol. The van der Waals surface area contributed by atoms with Gasteiger partial charge in [-0.15, -0.1) is 0 Å². The summed E-state index contributed by atoms with van der Waals surface area (Å²) in [5.41, 5.74) is 2.62. The van der Waals surface area contributed by atoms with Crippen LogP contribution < -0.4 is 4.90 Å². The van der Waals surface area contributed by atoms with E-state index in [-0.39, 0.29) is 0 Å². The van der Waals surface area contributed by atoms with Crippen molar-refractivity contribution in [3.8, 4) is 0 Å². The van der Waals surface area contributed by atoms with Crippen molar-refractivity contribution in [2.24, 2.45) is 0 Å². The Morgan fingerprint density at radius 2 is 1.14 bits per heavy atom. The fourth-order valence-electron chi connectivity index (χ4n) is 4.20. The molecule has 1 nitrogen and oxygen atoms in total. The van der Waals surface area contributed by atoms with E-state index in [0.717, 1.165) is 6.54 Å². The number of para-hydroxylation sites is 1. The highest BCUT2D eigenvalue weighted by molar-refractivity contribution is 5.96. The van der Waals surface area contributed by atoms with Crippen LogP contribution in [0.1, 0.15) is 71.1 Å². The van der Waals surface area contributed by atoms with E-state index in [1.165, 1.54) is 86.4 Å². The van der Waals surface area contributed by atoms with Crippen LogP contribution in [0.4, 0.5) is 11.4 Å². The van der Waals surface area contributed by atoms with Gasteiger partial charge in [0.1, 0.15) is 0 Å². The largest absolute Gasteiger partial charge is 0.341 e. The predicted octanol–water partition coefficient (Wildman–Crippen LogP) is 8.90. The lowest BCUT2D eigenvalue weighted by Crippen LogP contribution is -2.18. The minimum absolute atomic E-state index is 1.08. The maximum atomic E-state index is 2.51. The van der Waals surface area contributed by atoms with Crippen molar-refractivity contribution in [3.05, 3.63) is 72.8 Å². The normalized spacial score (nSPS) is 11.1. The Balaban J connectivity index is 1.56. The highest BCUT2D eigenvalue weighted by Gasteiger charge is 2.11. The average Bonchev–Trinajstić information content (AvgIpc) is 2.78. The Morgan fingerprint density at radius 1 is 0.552 bits per heavy atom. The molecule has 0 spiro atoms. The molecule has 0 fully saturated rings. The molecular formula is C28H37N. The summed E-state index contributed by atoms with van der Waals surface area (Å²) >= 11 is 0. The molecule has 0 atom stereocenters. The second-order valence-corrected chi connectivity index (χ2v) is 8.17. The topological polar surface area (TPSA) is 3.24 Å².